The molecule has 0 rings (SSSR count). The Morgan fingerprint density at radius 2 is 2.36 bits per heavy atom. The SMILES string of the molecule is CC(CN)CSCC(=O)NN. The van der Waals surface area contributed by atoms with Gasteiger partial charge in [-0.15, -0.1) is 0 Å². The second-order valence-corrected chi connectivity index (χ2v) is 3.45. The van der Waals surface area contributed by atoms with E-state index in [1.807, 2.05) is 6.92 Å². The van der Waals surface area contributed by atoms with Crippen LogP contribution >= 0.6 is 11.8 Å². The maximum Gasteiger partial charge on any atom is 0.243 e. The number of carbonyl (C=O) groups excluding carboxylic acids is 1. The van der Waals surface area contributed by atoms with Gasteiger partial charge < -0.3 is 5.73 Å². The lowest BCUT2D eigenvalue weighted by atomic mass is 10.2. The molecular formula is C6H15N3OS. The van der Waals surface area contributed by atoms with Gasteiger partial charge in [0.1, 0.15) is 0 Å². The third-order valence-electron chi connectivity index (χ3n) is 1.20. The predicted molar refractivity (Wildman–Crippen MR) is 47.9 cm³/mol. The second kappa shape index (κ2) is 6.45. The molecule has 0 radical (unpaired) electrons. The van der Waals surface area contributed by atoms with Crippen LogP contribution in [-0.4, -0.2) is 24.0 Å². The van der Waals surface area contributed by atoms with E-state index >= 15 is 0 Å². The highest BCUT2D eigenvalue weighted by atomic mass is 32.2. The minimum atomic E-state index is -0.140. The molecule has 0 aliphatic heterocycles. The van der Waals surface area contributed by atoms with Gasteiger partial charge >= 0.3 is 0 Å². The van der Waals surface area contributed by atoms with Crippen LogP contribution in [0, 0.1) is 5.92 Å². The standard InChI is InChI=1S/C6H15N3OS/c1-5(2-7)3-11-4-6(10)9-8/h5H,2-4,7-8H2,1H3,(H,9,10). The first-order valence-corrected chi connectivity index (χ1v) is 4.63. The quantitative estimate of drug-likeness (QED) is 0.295. The number of nitrogens with one attached hydrogen (secondary N) is 1. The molecule has 1 unspecified atom stereocenters. The van der Waals surface area contributed by atoms with E-state index in [0.29, 0.717) is 18.2 Å². The summed E-state index contributed by atoms with van der Waals surface area (Å²) < 4.78 is 0. The van der Waals surface area contributed by atoms with E-state index < -0.39 is 0 Å². The summed E-state index contributed by atoms with van der Waals surface area (Å²) in [5.74, 6) is 6.53. The summed E-state index contributed by atoms with van der Waals surface area (Å²) in [6.07, 6.45) is 0. The number of rotatable bonds is 5. The maximum absolute atomic E-state index is 10.6. The fraction of sp³-hybridized carbons (Fsp3) is 0.833. The number of thioether (sulfide) groups is 1. The molecule has 0 aromatic heterocycles. The van der Waals surface area contributed by atoms with Crippen molar-refractivity contribution in [3.8, 4) is 0 Å². The highest BCUT2D eigenvalue weighted by Gasteiger charge is 2.01. The van der Waals surface area contributed by atoms with Crippen LogP contribution in [0.15, 0.2) is 0 Å². The lowest BCUT2D eigenvalue weighted by Gasteiger charge is -2.06. The zero-order valence-corrected chi connectivity index (χ0v) is 7.49. The molecular weight excluding hydrogens is 162 g/mol. The fourth-order valence-corrected chi connectivity index (χ4v) is 1.39. The van der Waals surface area contributed by atoms with Gasteiger partial charge in [-0.1, -0.05) is 6.92 Å². The summed E-state index contributed by atoms with van der Waals surface area (Å²) in [6, 6.07) is 0. The van der Waals surface area contributed by atoms with E-state index in [4.69, 9.17) is 11.6 Å². The first-order valence-electron chi connectivity index (χ1n) is 3.48. The molecule has 0 aliphatic carbocycles. The van der Waals surface area contributed by atoms with Crippen molar-refractivity contribution >= 4 is 17.7 Å². The summed E-state index contributed by atoms with van der Waals surface area (Å²) in [5, 5.41) is 0. The lowest BCUT2D eigenvalue weighted by Crippen LogP contribution is -2.31. The largest absolute Gasteiger partial charge is 0.330 e. The van der Waals surface area contributed by atoms with E-state index in [9.17, 15) is 4.79 Å². The predicted octanol–water partition coefficient (Wildman–Crippen LogP) is -0.696. The molecule has 5 N–H and O–H groups in total. The van der Waals surface area contributed by atoms with Gasteiger partial charge in [-0.05, 0) is 18.2 Å². The Kier molecular flexibility index (Phi) is 6.30. The Balaban J connectivity index is 3.20. The first kappa shape index (κ1) is 10.7. The Hall–Kier alpha value is -0.260. The van der Waals surface area contributed by atoms with Crippen molar-refractivity contribution in [3.05, 3.63) is 0 Å². The van der Waals surface area contributed by atoms with Crippen molar-refractivity contribution in [1.82, 2.24) is 5.43 Å². The van der Waals surface area contributed by atoms with Gasteiger partial charge in [0.05, 0.1) is 5.75 Å². The topological polar surface area (TPSA) is 81.1 Å². The van der Waals surface area contributed by atoms with Crippen LogP contribution in [-0.2, 0) is 4.79 Å². The third kappa shape index (κ3) is 6.15. The molecule has 1 atom stereocenters. The van der Waals surface area contributed by atoms with Gasteiger partial charge in [-0.25, -0.2) is 5.84 Å². The molecule has 0 fully saturated rings. The fourth-order valence-electron chi connectivity index (χ4n) is 0.463. The summed E-state index contributed by atoms with van der Waals surface area (Å²) in [6.45, 7) is 2.71. The molecule has 0 aromatic rings. The van der Waals surface area contributed by atoms with Crippen molar-refractivity contribution in [3.63, 3.8) is 0 Å². The number of carbonyl (C=O) groups is 1. The average molecular weight is 177 g/mol. The molecule has 1 amide bonds. The number of hydrogen-bond acceptors (Lipinski definition) is 4. The Morgan fingerprint density at radius 1 is 1.73 bits per heavy atom. The normalized spacial score (nSPS) is 12.6. The number of hydrazine groups is 1. The maximum atomic E-state index is 10.6. The molecule has 5 heteroatoms. The Bertz CT molecular complexity index is 120. The smallest absolute Gasteiger partial charge is 0.243 e. The van der Waals surface area contributed by atoms with E-state index in [1.165, 1.54) is 0 Å². The van der Waals surface area contributed by atoms with Crippen LogP contribution in [0.25, 0.3) is 0 Å². The van der Waals surface area contributed by atoms with Gasteiger partial charge in [0, 0.05) is 0 Å². The van der Waals surface area contributed by atoms with Gasteiger partial charge in [0.25, 0.3) is 0 Å². The zero-order chi connectivity index (χ0) is 8.69. The van der Waals surface area contributed by atoms with Crippen LogP contribution < -0.4 is 17.0 Å². The van der Waals surface area contributed by atoms with Gasteiger partial charge in [0.2, 0.25) is 5.91 Å². The van der Waals surface area contributed by atoms with Gasteiger partial charge in [0.15, 0.2) is 0 Å². The monoisotopic (exact) mass is 177 g/mol. The zero-order valence-electron chi connectivity index (χ0n) is 6.67. The molecule has 11 heavy (non-hydrogen) atoms. The average Bonchev–Trinajstić information content (AvgIpc) is 2.04. The van der Waals surface area contributed by atoms with Crippen molar-refractivity contribution in [2.45, 2.75) is 6.92 Å². The van der Waals surface area contributed by atoms with E-state index in [1.54, 1.807) is 11.8 Å². The summed E-state index contributed by atoms with van der Waals surface area (Å²) >= 11 is 1.55. The molecule has 0 bridgehead atoms. The van der Waals surface area contributed by atoms with Crippen molar-refractivity contribution in [2.24, 2.45) is 17.5 Å². The van der Waals surface area contributed by atoms with Crippen LogP contribution in [0.1, 0.15) is 6.92 Å². The van der Waals surface area contributed by atoms with Crippen molar-refractivity contribution < 1.29 is 4.79 Å². The van der Waals surface area contributed by atoms with Crippen molar-refractivity contribution in [2.75, 3.05) is 18.1 Å². The first-order chi connectivity index (χ1) is 5.20. The van der Waals surface area contributed by atoms with E-state index in [0.717, 1.165) is 5.75 Å². The van der Waals surface area contributed by atoms with Gasteiger partial charge in [-0.2, -0.15) is 11.8 Å². The highest BCUT2D eigenvalue weighted by Crippen LogP contribution is 2.05. The lowest BCUT2D eigenvalue weighted by molar-refractivity contribution is -0.118. The molecule has 0 saturated carbocycles. The molecule has 0 spiro atoms. The van der Waals surface area contributed by atoms with E-state index in [2.05, 4.69) is 5.43 Å². The van der Waals surface area contributed by atoms with Crippen LogP contribution in [0.3, 0.4) is 0 Å². The van der Waals surface area contributed by atoms with E-state index in [-0.39, 0.29) is 5.91 Å². The molecule has 66 valence electrons. The second-order valence-electron chi connectivity index (χ2n) is 2.42. The molecule has 4 nitrogen and oxygen atoms in total. The Labute approximate surface area is 71.0 Å². The third-order valence-corrected chi connectivity index (χ3v) is 2.47. The molecule has 0 aliphatic rings. The number of amides is 1. The minimum absolute atomic E-state index is 0.140. The minimum Gasteiger partial charge on any atom is -0.330 e. The highest BCUT2D eigenvalue weighted by molar-refractivity contribution is 7.99. The molecule has 0 heterocycles. The molecule has 0 saturated heterocycles. The van der Waals surface area contributed by atoms with Crippen LogP contribution in [0.5, 0.6) is 0 Å². The van der Waals surface area contributed by atoms with Crippen LogP contribution in [0.2, 0.25) is 0 Å². The number of nitrogens with two attached hydrogens (primary N) is 2. The number of hydrogen-bond donors (Lipinski definition) is 3. The summed E-state index contributed by atoms with van der Waals surface area (Å²) in [5.41, 5.74) is 7.45. The van der Waals surface area contributed by atoms with Crippen LogP contribution in [0.4, 0.5) is 0 Å². The summed E-state index contributed by atoms with van der Waals surface area (Å²) in [7, 11) is 0. The van der Waals surface area contributed by atoms with Gasteiger partial charge in [-0.3, -0.25) is 10.2 Å². The molecule has 0 aromatic carbocycles. The summed E-state index contributed by atoms with van der Waals surface area (Å²) in [4.78, 5) is 10.6. The van der Waals surface area contributed by atoms with Crippen molar-refractivity contribution in [1.29, 1.82) is 0 Å². The Morgan fingerprint density at radius 3 is 2.82 bits per heavy atom.